The van der Waals surface area contributed by atoms with Crippen LogP contribution in [0, 0.1) is 0 Å². The summed E-state index contributed by atoms with van der Waals surface area (Å²) in [6, 6.07) is 0. The van der Waals surface area contributed by atoms with Crippen molar-refractivity contribution >= 4 is 355 Å². The van der Waals surface area contributed by atoms with E-state index in [0.717, 1.165) is 99.7 Å². The van der Waals surface area contributed by atoms with Gasteiger partial charge < -0.3 is 215 Å². The lowest BCUT2D eigenvalue weighted by Crippen LogP contribution is -2.66. The Kier molecular flexibility index (Phi) is 277. The maximum absolute atomic E-state index is 12.9. The van der Waals surface area contributed by atoms with Gasteiger partial charge in [-0.1, -0.05) is 0 Å². The highest BCUT2D eigenvalue weighted by Crippen LogP contribution is 2.43. The van der Waals surface area contributed by atoms with Gasteiger partial charge in [-0.25, -0.2) is 33.5 Å². The van der Waals surface area contributed by atoms with Gasteiger partial charge in [-0.2, -0.15) is 67.3 Å². The van der Waals surface area contributed by atoms with Crippen molar-refractivity contribution in [2.24, 2.45) is 0 Å². The molecule has 0 aromatic rings. The van der Waals surface area contributed by atoms with Crippen molar-refractivity contribution in [1.82, 2.24) is 0 Å². The van der Waals surface area contributed by atoms with Gasteiger partial charge in [-0.15, -0.1) is 0 Å². The van der Waals surface area contributed by atoms with E-state index in [4.69, 9.17) is 35.1 Å². The van der Waals surface area contributed by atoms with Gasteiger partial charge in [0.25, 0.3) is 0 Å². The number of hydrogen-bond acceptors (Lipinski definition) is 35. The van der Waals surface area contributed by atoms with Gasteiger partial charge in [0.2, 0.25) is 5.79 Å². The van der Waals surface area contributed by atoms with Crippen LogP contribution in [0.4, 0.5) is 0 Å². The molecule has 0 aromatic heterocycles. The first kappa shape index (κ1) is 259. The summed E-state index contributed by atoms with van der Waals surface area (Å²) in [7, 11) is -43.7. The molecule has 2 fully saturated rings. The van der Waals surface area contributed by atoms with Gasteiger partial charge in [0, 0.05) is 139 Å². The van der Waals surface area contributed by atoms with E-state index in [0.29, 0.717) is 0 Å². The van der Waals surface area contributed by atoms with Crippen LogP contribution in [0.2, 0.25) is 0 Å². The zero-order valence-corrected chi connectivity index (χ0v) is 75.0. The van der Waals surface area contributed by atoms with Crippen LogP contribution in [0.1, 0.15) is 0 Å². The first-order valence-electron chi connectivity index (χ1n) is 14.1. The minimum Gasteiger partial charge on any atom is -0.412 e. The molecule has 2 saturated heterocycles. The van der Waals surface area contributed by atoms with Crippen molar-refractivity contribution in [3.05, 3.63) is 0 Å². The van der Waals surface area contributed by atoms with Crippen LogP contribution in [0.5, 0.6) is 0 Å². The monoisotopic (exact) mass is 1980 g/mol. The van der Waals surface area contributed by atoms with Crippen LogP contribution in [0.25, 0.3) is 0 Å². The van der Waals surface area contributed by atoms with Crippen LogP contribution in [0.15, 0.2) is 0 Å². The predicted octanol–water partition coefficient (Wildman–Crippen LogP) is -39.9. The van der Waals surface area contributed by atoms with E-state index in [1.165, 1.54) is 33.2 Å². The van der Waals surface area contributed by atoms with Crippen LogP contribution in [-0.4, -0.2) is 589 Å². The number of hydrogen-bond donors (Lipinski definition) is 0. The molecular weight excluding hydrogens is 1900 g/mol. The Labute approximate surface area is 737 Å². The fraction of sp³-hybridized carbons (Fsp3) is 1.00. The summed E-state index contributed by atoms with van der Waals surface area (Å²) in [6.45, 7) is -5.31. The maximum atomic E-state index is 12.9. The molecule has 0 spiro atoms. The number of rotatable bonds is 29. The van der Waals surface area contributed by atoms with E-state index < -0.39 is 158 Å². The van der Waals surface area contributed by atoms with Gasteiger partial charge in [0.1, 0.15) is 37.1 Å². The fourth-order valence-corrected chi connectivity index (χ4v) is 9.37. The Balaban J connectivity index is -0.0000000277. The highest BCUT2D eigenvalue weighted by atomic mass is 32.3. The predicted molar refractivity (Wildman–Crippen MR) is 347 cm³/mol. The van der Waals surface area contributed by atoms with Crippen molar-refractivity contribution in [3.8, 4) is 0 Å². The standard InChI is InChI=1S/C12H22O35S8.16Al.32H2O/c13-48(14,15)37-1-4-6(43-51(22,23)24)8(45-53(28,29)30)9(46-54(31,32)33)11(40-4)42-12(3-39-50(19,20)21)10(47-55(34,35)36)7(44-52(25,26)27)5(41-12)2-38-49(16,17)18;;;;;;;;;;;;;;;;;;;;;;;;;;;;;;;;;;;;;;;;;;;;;;;;/h4-11H,1-3H2,(H,13,14,15)(H,16,17,18)(H,19,20,21)(H,22,23,24)(H,25,26,27)(H,28,29,30)(H,31,32,33)(H,34,35,36);;;;;;;;;;;;;;;;;32*1H2/q;;;;;;;;;8*+1;;;;;;;;;;;;;;;;;;;;;;;;;;;;;;;;/p-8/t4-,5-,6-,7-,8+,9-,10+,11-,12+;;;;;;;;;;;;;;;;;;;;;;;;;;;;;;;;;;;;;;;;;;;;;;;;/m1................................................/s1. The second-order valence-electron chi connectivity index (χ2n) is 10.3. The molecule has 0 unspecified atom stereocenters. The van der Waals surface area contributed by atoms with Crippen molar-refractivity contribution in [1.29, 1.82) is 0 Å². The van der Waals surface area contributed by atoms with Crippen molar-refractivity contribution < 1.29 is 316 Å². The second kappa shape index (κ2) is 110. The molecule has 67 nitrogen and oxygen atoms in total. The molecule has 103 heavy (non-hydrogen) atoms. The van der Waals surface area contributed by atoms with Gasteiger partial charge in [0.05, 0.1) is 13.2 Å². The summed E-state index contributed by atoms with van der Waals surface area (Å²) in [6.07, 6.45) is -23.4. The molecule has 64 N–H and O–H groups in total. The molecule has 9 atom stereocenters. The molecule has 2 aliphatic heterocycles. The second-order valence-corrected chi connectivity index (χ2v) is 24.6. The summed E-state index contributed by atoms with van der Waals surface area (Å²) >= 11 is 9.26. The third-order valence-electron chi connectivity index (χ3n) is 6.59. The van der Waals surface area contributed by atoms with Gasteiger partial charge in [-0.3, -0.25) is 0 Å². The molecule has 0 aliphatic carbocycles. The SMILES string of the molecule is O.O.O.O.O.O.O.O.O.O.O.O.O.O.O.O.O.O.O.O.O.O.O.O.O.O.O.O.O.O.O.O.O=S(=O)([O][Al])OC[C@H]1O[C@@](COS(=O)(=O)[O][Al])(O[C@H]2O[C@H](COS(=O)(=O)[O][Al])[C@@H](OS(=O)(=O)[O][Al])[C@H](OS(=O)(=O)[O][Al])[C@H]2OS(=O)(=O)[O][Al])[C@@H](OS(=O)(=O)[O][Al])[C@@H]1OS(=O)(=O)[O][Al].[Al].[Al].[Al].[Al].[Al].[Al].[Al].[Al]. The topological polar surface area (TPSA) is 1460 Å². The van der Waals surface area contributed by atoms with Gasteiger partial charge in [-0.05, 0) is 0 Å². The van der Waals surface area contributed by atoms with E-state index in [1.54, 1.807) is 0 Å². The average molecular weight is 1980 g/mol. The van der Waals surface area contributed by atoms with Gasteiger partial charge in [0.15, 0.2) is 18.5 Å². The van der Waals surface area contributed by atoms with Crippen LogP contribution in [0.3, 0.4) is 0 Å². The summed E-state index contributed by atoms with van der Waals surface area (Å²) in [5.41, 5.74) is 0. The molecule has 2 aliphatic rings. The van der Waals surface area contributed by atoms with Crippen molar-refractivity contribution in [2.45, 2.75) is 54.8 Å². The van der Waals surface area contributed by atoms with Crippen LogP contribution in [-0.2, 0) is 157 Å². The molecule has 0 saturated carbocycles. The maximum Gasteiger partial charge on any atom is 0.408 e. The van der Waals surface area contributed by atoms with Crippen LogP contribution < -0.4 is 0 Å². The van der Waals surface area contributed by atoms with Crippen molar-refractivity contribution in [2.75, 3.05) is 19.8 Å². The highest BCUT2D eigenvalue weighted by Gasteiger charge is 2.65. The third kappa shape index (κ3) is 87.2. The van der Waals surface area contributed by atoms with E-state index >= 15 is 0 Å². The minimum absolute atomic E-state index is 0. The van der Waals surface area contributed by atoms with E-state index in [2.05, 4.69) is 38.4 Å². The molecule has 0 bridgehead atoms. The summed E-state index contributed by atoms with van der Waals surface area (Å²) in [5.74, 6) is -3.80. The lowest BCUT2D eigenvalue weighted by molar-refractivity contribution is -0.374. The first-order valence-corrected chi connectivity index (χ1v) is 28.5. The van der Waals surface area contributed by atoms with E-state index in [1.807, 2.05) is 0 Å². The molecule has 2 heterocycles. The molecule has 40 radical (unpaired) electrons. The summed E-state index contributed by atoms with van der Waals surface area (Å²) in [4.78, 5) is 0. The first-order chi connectivity index (χ1) is 28.7. The smallest absolute Gasteiger partial charge is 0.408 e. The zero-order chi connectivity index (χ0) is 48.7. The Hall–Kier alpha value is 6.08. The summed E-state index contributed by atoms with van der Waals surface area (Å²) in [5, 5.41) is 0. The fourth-order valence-electron chi connectivity index (χ4n) is 4.41. The quantitative estimate of drug-likeness (QED) is 0.0628. The molecule has 624 valence electrons. The Morgan fingerprint density at radius 3 is 0.709 bits per heavy atom. The van der Waals surface area contributed by atoms with Crippen LogP contribution >= 0.6 is 0 Å². The zero-order valence-electron chi connectivity index (χ0n) is 50.0. The largest absolute Gasteiger partial charge is 0.412 e. The summed E-state index contributed by atoms with van der Waals surface area (Å²) < 4.78 is 288. The minimum atomic E-state index is -5.67. The normalized spacial score (nSPS) is 17.2. The third-order valence-corrected chi connectivity index (χ3v) is 17.7. The Bertz CT molecular complexity index is 2500. The molecular formula is C12H78Al16O67S8. The highest BCUT2D eigenvalue weighted by molar-refractivity contribution is 7.84. The average Bonchev–Trinajstić information content (AvgIpc) is 3.52. The molecule has 91 heteroatoms. The Morgan fingerprint density at radius 2 is 0.456 bits per heavy atom. The lowest BCUT2D eigenvalue weighted by atomic mass is 9.99. The van der Waals surface area contributed by atoms with E-state index in [-0.39, 0.29) is 314 Å². The molecule has 2 rings (SSSR count). The van der Waals surface area contributed by atoms with E-state index in [9.17, 15) is 67.3 Å². The lowest BCUT2D eigenvalue weighted by Gasteiger charge is -2.46. The van der Waals surface area contributed by atoms with Gasteiger partial charge >= 0.3 is 216 Å². The Morgan fingerprint density at radius 1 is 0.252 bits per heavy atom. The molecule has 0 amide bonds. The molecule has 0 aromatic carbocycles. The number of ether oxygens (including phenoxy) is 3. The van der Waals surface area contributed by atoms with Crippen molar-refractivity contribution in [3.63, 3.8) is 0 Å².